The van der Waals surface area contributed by atoms with E-state index in [1.54, 1.807) is 37.4 Å². The molecular weight excluding hydrogens is 558 g/mol. The third-order valence-electron chi connectivity index (χ3n) is 7.08. The second-order valence-corrected chi connectivity index (χ2v) is 10.7. The normalized spacial score (nSPS) is 12.2. The lowest BCUT2D eigenvalue weighted by molar-refractivity contribution is 0.0667. The topological polar surface area (TPSA) is 127 Å². The van der Waals surface area contributed by atoms with Gasteiger partial charge in [-0.05, 0) is 60.1 Å². The van der Waals surface area contributed by atoms with Crippen molar-refractivity contribution in [2.24, 2.45) is 5.73 Å². The highest BCUT2D eigenvalue weighted by Crippen LogP contribution is 2.23. The number of carbonyl (C=O) groups is 1. The number of hydrogen-bond acceptors (Lipinski definition) is 7. The fraction of sp³-hybridized carbons (Fsp3) is 0.312. The SMILES string of the molecule is COCCOCCn1c(Cc2ccc(Cl)cc2)c(C(N)=O)c(=O)c2cc(CN(C)CC(O)c3ccc(O)cc3)ccc21. The molecule has 0 saturated heterocycles. The van der Waals surface area contributed by atoms with Crippen molar-refractivity contribution in [2.75, 3.05) is 40.5 Å². The Hall–Kier alpha value is -3.73. The zero-order valence-corrected chi connectivity index (χ0v) is 24.5. The van der Waals surface area contributed by atoms with E-state index in [2.05, 4.69) is 0 Å². The predicted molar refractivity (Wildman–Crippen MR) is 163 cm³/mol. The number of ether oxygens (including phenoxy) is 2. The summed E-state index contributed by atoms with van der Waals surface area (Å²) in [6.45, 7) is 2.37. The number of halogens is 1. The molecule has 0 aliphatic rings. The molecule has 0 spiro atoms. The Morgan fingerprint density at radius 3 is 2.38 bits per heavy atom. The molecule has 1 unspecified atom stereocenters. The molecule has 0 saturated carbocycles. The third kappa shape index (κ3) is 7.76. The minimum Gasteiger partial charge on any atom is -0.508 e. The lowest BCUT2D eigenvalue weighted by atomic mass is 9.99. The van der Waals surface area contributed by atoms with E-state index >= 15 is 0 Å². The number of aromatic nitrogens is 1. The van der Waals surface area contributed by atoms with Crippen LogP contribution >= 0.6 is 11.6 Å². The lowest BCUT2D eigenvalue weighted by Gasteiger charge is -2.23. The average Bonchev–Trinajstić information content (AvgIpc) is 2.95. The Labute approximate surface area is 249 Å². The van der Waals surface area contributed by atoms with Gasteiger partial charge in [0.05, 0.1) is 31.4 Å². The monoisotopic (exact) mass is 593 g/mol. The Bertz CT molecular complexity index is 1570. The van der Waals surface area contributed by atoms with Gasteiger partial charge in [-0.15, -0.1) is 0 Å². The number of aliphatic hydroxyl groups excluding tert-OH is 1. The minimum atomic E-state index is -0.792. The van der Waals surface area contributed by atoms with Crippen molar-refractivity contribution in [3.8, 4) is 5.75 Å². The minimum absolute atomic E-state index is 0.0531. The number of likely N-dealkylation sites (N-methyl/N-ethyl adjacent to an activating group) is 1. The first-order valence-corrected chi connectivity index (χ1v) is 14.0. The van der Waals surface area contributed by atoms with Gasteiger partial charge in [0.15, 0.2) is 0 Å². The van der Waals surface area contributed by atoms with E-state index in [4.69, 9.17) is 26.8 Å². The van der Waals surface area contributed by atoms with Crippen LogP contribution in [-0.4, -0.2) is 66.1 Å². The van der Waals surface area contributed by atoms with Crippen LogP contribution in [-0.2, 0) is 29.0 Å². The van der Waals surface area contributed by atoms with Crippen molar-refractivity contribution >= 4 is 28.4 Å². The number of pyridine rings is 1. The van der Waals surface area contributed by atoms with E-state index in [1.807, 2.05) is 40.8 Å². The van der Waals surface area contributed by atoms with Gasteiger partial charge in [-0.1, -0.05) is 41.9 Å². The molecule has 42 heavy (non-hydrogen) atoms. The number of methoxy groups -OCH3 is 1. The maximum absolute atomic E-state index is 13.8. The molecule has 1 heterocycles. The van der Waals surface area contributed by atoms with Gasteiger partial charge in [0.25, 0.3) is 5.91 Å². The number of carbonyl (C=O) groups excluding carboxylic acids is 1. The summed E-state index contributed by atoms with van der Waals surface area (Å²) in [5.74, 6) is -0.659. The fourth-order valence-corrected chi connectivity index (χ4v) is 5.13. The van der Waals surface area contributed by atoms with Crippen LogP contribution < -0.4 is 11.2 Å². The first-order chi connectivity index (χ1) is 20.2. The van der Waals surface area contributed by atoms with Crippen LogP contribution in [0.1, 0.15) is 38.8 Å². The number of aliphatic hydroxyl groups is 1. The quantitative estimate of drug-likeness (QED) is 0.189. The molecule has 1 amide bonds. The molecule has 4 N–H and O–H groups in total. The van der Waals surface area contributed by atoms with E-state index < -0.39 is 17.4 Å². The van der Waals surface area contributed by atoms with E-state index in [1.165, 1.54) is 12.1 Å². The number of benzene rings is 3. The lowest BCUT2D eigenvalue weighted by Crippen LogP contribution is -2.30. The maximum Gasteiger partial charge on any atom is 0.254 e. The Morgan fingerprint density at radius 2 is 1.71 bits per heavy atom. The molecule has 0 aliphatic carbocycles. The largest absolute Gasteiger partial charge is 0.508 e. The molecule has 0 radical (unpaired) electrons. The number of phenolic OH excluding ortho intramolecular Hbond substituents is 1. The highest BCUT2D eigenvalue weighted by atomic mass is 35.5. The van der Waals surface area contributed by atoms with Gasteiger partial charge < -0.3 is 30.0 Å². The molecule has 4 aromatic rings. The highest BCUT2D eigenvalue weighted by molar-refractivity contribution is 6.30. The molecule has 1 aromatic heterocycles. The van der Waals surface area contributed by atoms with Crippen LogP contribution in [0, 0.1) is 0 Å². The molecule has 0 fully saturated rings. The Morgan fingerprint density at radius 1 is 1.02 bits per heavy atom. The van der Waals surface area contributed by atoms with Crippen molar-refractivity contribution < 1.29 is 24.5 Å². The van der Waals surface area contributed by atoms with Gasteiger partial charge in [-0.2, -0.15) is 0 Å². The molecule has 10 heteroatoms. The standard InChI is InChI=1S/C32H36ClN3O6/c1-35(20-29(38)23-6-10-25(37)11-7-23)19-22-5-12-27-26(17-22)31(39)30(32(34)40)28(18-21-3-8-24(33)9-4-21)36(27)13-14-42-16-15-41-2/h3-12,17,29,37-38H,13-16,18-20H2,1-2H3,(H2,34,40). The van der Waals surface area contributed by atoms with Gasteiger partial charge >= 0.3 is 0 Å². The summed E-state index contributed by atoms with van der Waals surface area (Å²) in [4.78, 5) is 28.4. The van der Waals surface area contributed by atoms with Crippen LogP contribution in [0.5, 0.6) is 5.75 Å². The average molecular weight is 594 g/mol. The molecule has 0 aliphatic heterocycles. The predicted octanol–water partition coefficient (Wildman–Crippen LogP) is 3.88. The number of nitrogens with zero attached hydrogens (tertiary/aromatic N) is 2. The highest BCUT2D eigenvalue weighted by Gasteiger charge is 2.22. The van der Waals surface area contributed by atoms with Gasteiger partial charge in [0.1, 0.15) is 11.3 Å². The smallest absolute Gasteiger partial charge is 0.254 e. The summed E-state index contributed by atoms with van der Waals surface area (Å²) in [5.41, 5.74) is 8.92. The molecule has 9 nitrogen and oxygen atoms in total. The van der Waals surface area contributed by atoms with Crippen LogP contribution in [0.4, 0.5) is 0 Å². The van der Waals surface area contributed by atoms with Gasteiger partial charge in [0.2, 0.25) is 5.43 Å². The fourth-order valence-electron chi connectivity index (χ4n) is 5.01. The van der Waals surface area contributed by atoms with Crippen LogP contribution in [0.15, 0.2) is 71.5 Å². The summed E-state index contributed by atoms with van der Waals surface area (Å²) in [5, 5.41) is 21.1. The maximum atomic E-state index is 13.8. The number of fused-ring (bicyclic) bond motifs is 1. The molecule has 0 bridgehead atoms. The Kier molecular flexibility index (Phi) is 10.7. The van der Waals surface area contributed by atoms with E-state index in [9.17, 15) is 19.8 Å². The van der Waals surface area contributed by atoms with Crippen molar-refractivity contribution in [3.05, 3.63) is 110 Å². The second kappa shape index (κ2) is 14.4. The van der Waals surface area contributed by atoms with E-state index in [0.717, 1.165) is 11.1 Å². The molecule has 222 valence electrons. The summed E-state index contributed by atoms with van der Waals surface area (Å²) in [6.07, 6.45) is -0.457. The number of nitrogens with two attached hydrogens (primary N) is 1. The molecular formula is C32H36ClN3O6. The summed E-state index contributed by atoms with van der Waals surface area (Å²) < 4.78 is 12.7. The van der Waals surface area contributed by atoms with Crippen molar-refractivity contribution in [1.82, 2.24) is 9.47 Å². The molecule has 1 atom stereocenters. The first kappa shape index (κ1) is 31.2. The number of hydrogen-bond donors (Lipinski definition) is 3. The van der Waals surface area contributed by atoms with Crippen LogP contribution in [0.3, 0.4) is 0 Å². The summed E-state index contributed by atoms with van der Waals surface area (Å²) in [6, 6.07) is 19.3. The van der Waals surface area contributed by atoms with Crippen LogP contribution in [0.2, 0.25) is 5.02 Å². The van der Waals surface area contributed by atoms with Crippen LogP contribution in [0.25, 0.3) is 10.9 Å². The van der Waals surface area contributed by atoms with Gasteiger partial charge in [-0.25, -0.2) is 0 Å². The number of amides is 1. The summed E-state index contributed by atoms with van der Waals surface area (Å²) >= 11 is 6.07. The van der Waals surface area contributed by atoms with Crippen molar-refractivity contribution in [2.45, 2.75) is 25.6 Å². The first-order valence-electron chi connectivity index (χ1n) is 13.6. The second-order valence-electron chi connectivity index (χ2n) is 10.2. The van der Waals surface area contributed by atoms with Crippen molar-refractivity contribution in [3.63, 3.8) is 0 Å². The zero-order valence-electron chi connectivity index (χ0n) is 23.8. The summed E-state index contributed by atoms with van der Waals surface area (Å²) in [7, 11) is 3.47. The van der Waals surface area contributed by atoms with Gasteiger partial charge in [0, 0.05) is 49.3 Å². The Balaban J connectivity index is 1.69. The van der Waals surface area contributed by atoms with Gasteiger partial charge in [-0.3, -0.25) is 14.5 Å². The molecule has 3 aromatic carbocycles. The number of aromatic hydroxyl groups is 1. The third-order valence-corrected chi connectivity index (χ3v) is 7.33. The number of rotatable bonds is 14. The van der Waals surface area contributed by atoms with E-state index in [0.29, 0.717) is 73.1 Å². The zero-order chi connectivity index (χ0) is 30.2. The number of primary amides is 1. The van der Waals surface area contributed by atoms with Crippen molar-refractivity contribution in [1.29, 1.82) is 0 Å². The number of phenols is 1. The molecule has 4 rings (SSSR count). The van der Waals surface area contributed by atoms with E-state index in [-0.39, 0.29) is 11.3 Å².